The van der Waals surface area contributed by atoms with Crippen LogP contribution < -0.4 is 5.73 Å². The van der Waals surface area contributed by atoms with Crippen molar-refractivity contribution in [3.8, 4) is 0 Å². The fraction of sp³-hybridized carbons (Fsp3) is 0.500. The van der Waals surface area contributed by atoms with Gasteiger partial charge < -0.3 is 5.73 Å². The topological polar surface area (TPSA) is 63.4 Å². The molecule has 0 spiro atoms. The zero-order valence-corrected chi connectivity index (χ0v) is 12.2. The SMILES string of the molecule is Cc1c(N)cccc1S(=O)(=O)N(C)C1CCSC1. The van der Waals surface area contributed by atoms with E-state index in [2.05, 4.69) is 0 Å². The Bertz CT molecular complexity index is 537. The molecule has 1 atom stereocenters. The zero-order chi connectivity index (χ0) is 13.3. The van der Waals surface area contributed by atoms with E-state index < -0.39 is 10.0 Å². The third-order valence-electron chi connectivity index (χ3n) is 3.40. The predicted octanol–water partition coefficient (Wildman–Crippen LogP) is 1.70. The van der Waals surface area contributed by atoms with Gasteiger partial charge in [-0.15, -0.1) is 0 Å². The summed E-state index contributed by atoms with van der Waals surface area (Å²) < 4.78 is 26.6. The quantitative estimate of drug-likeness (QED) is 0.859. The number of hydrogen-bond acceptors (Lipinski definition) is 4. The number of hydrogen-bond donors (Lipinski definition) is 1. The molecule has 0 saturated carbocycles. The van der Waals surface area contributed by atoms with Crippen LogP contribution in [-0.4, -0.2) is 37.3 Å². The van der Waals surface area contributed by atoms with E-state index in [1.165, 1.54) is 4.31 Å². The van der Waals surface area contributed by atoms with Crippen LogP contribution in [-0.2, 0) is 10.0 Å². The summed E-state index contributed by atoms with van der Waals surface area (Å²) in [5.41, 5.74) is 6.94. The first kappa shape index (κ1) is 13.7. The molecule has 1 aromatic carbocycles. The smallest absolute Gasteiger partial charge is 0.243 e. The summed E-state index contributed by atoms with van der Waals surface area (Å²) in [5, 5.41) is 0. The molecule has 1 aliphatic heterocycles. The van der Waals surface area contributed by atoms with E-state index in [0.717, 1.165) is 17.9 Å². The summed E-state index contributed by atoms with van der Waals surface area (Å²) >= 11 is 1.80. The molecule has 18 heavy (non-hydrogen) atoms. The first-order chi connectivity index (χ1) is 8.44. The summed E-state index contributed by atoms with van der Waals surface area (Å²) in [6, 6.07) is 5.13. The third kappa shape index (κ3) is 2.37. The maximum Gasteiger partial charge on any atom is 0.243 e. The van der Waals surface area contributed by atoms with Crippen molar-refractivity contribution in [2.24, 2.45) is 0 Å². The number of rotatable bonds is 3. The van der Waals surface area contributed by atoms with Crippen LogP contribution in [0.3, 0.4) is 0 Å². The first-order valence-corrected chi connectivity index (χ1v) is 8.45. The fourth-order valence-electron chi connectivity index (χ4n) is 2.07. The lowest BCUT2D eigenvalue weighted by Gasteiger charge is -2.24. The van der Waals surface area contributed by atoms with E-state index in [9.17, 15) is 8.42 Å². The van der Waals surface area contributed by atoms with Gasteiger partial charge in [0.15, 0.2) is 0 Å². The molecule has 0 amide bonds. The van der Waals surface area contributed by atoms with E-state index >= 15 is 0 Å². The van der Waals surface area contributed by atoms with Crippen molar-refractivity contribution in [3.05, 3.63) is 23.8 Å². The number of thioether (sulfide) groups is 1. The zero-order valence-electron chi connectivity index (χ0n) is 10.6. The minimum absolute atomic E-state index is 0.0980. The van der Waals surface area contributed by atoms with Gasteiger partial charge in [0.2, 0.25) is 10.0 Å². The Morgan fingerprint density at radius 2 is 2.17 bits per heavy atom. The van der Waals surface area contributed by atoms with Crippen LogP contribution in [0.4, 0.5) is 5.69 Å². The summed E-state index contributed by atoms with van der Waals surface area (Å²) in [4.78, 5) is 0.321. The Balaban J connectivity index is 2.38. The van der Waals surface area contributed by atoms with Crippen molar-refractivity contribution in [2.75, 3.05) is 24.3 Å². The van der Waals surface area contributed by atoms with E-state index in [1.807, 2.05) is 0 Å². The maximum atomic E-state index is 12.6. The second kappa shape index (κ2) is 5.11. The number of nitrogens with two attached hydrogens (primary N) is 1. The first-order valence-electron chi connectivity index (χ1n) is 5.85. The van der Waals surface area contributed by atoms with Crippen LogP contribution in [0.25, 0.3) is 0 Å². The van der Waals surface area contributed by atoms with E-state index in [1.54, 1.807) is 43.9 Å². The Labute approximate surface area is 113 Å². The molecule has 1 saturated heterocycles. The highest BCUT2D eigenvalue weighted by Crippen LogP contribution is 2.28. The second-order valence-electron chi connectivity index (χ2n) is 4.51. The third-order valence-corrected chi connectivity index (χ3v) is 6.60. The molecule has 0 aromatic heterocycles. The number of anilines is 1. The van der Waals surface area contributed by atoms with Crippen molar-refractivity contribution < 1.29 is 8.42 Å². The Kier molecular flexibility index (Phi) is 3.89. The van der Waals surface area contributed by atoms with Crippen LogP contribution >= 0.6 is 11.8 Å². The molecule has 0 aliphatic carbocycles. The van der Waals surface area contributed by atoms with Crippen LogP contribution in [0.2, 0.25) is 0 Å². The fourth-order valence-corrected chi connectivity index (χ4v) is 5.07. The molecule has 0 radical (unpaired) electrons. The monoisotopic (exact) mass is 286 g/mol. The maximum absolute atomic E-state index is 12.6. The van der Waals surface area contributed by atoms with E-state index in [-0.39, 0.29) is 6.04 Å². The van der Waals surface area contributed by atoms with Crippen LogP contribution in [0.5, 0.6) is 0 Å². The van der Waals surface area contributed by atoms with Gasteiger partial charge in [0.05, 0.1) is 4.90 Å². The van der Waals surface area contributed by atoms with Gasteiger partial charge in [0.1, 0.15) is 0 Å². The highest BCUT2D eigenvalue weighted by Gasteiger charge is 2.31. The van der Waals surface area contributed by atoms with Gasteiger partial charge in [-0.3, -0.25) is 0 Å². The molecule has 0 bridgehead atoms. The summed E-state index contributed by atoms with van der Waals surface area (Å²) in [6.45, 7) is 1.75. The lowest BCUT2D eigenvalue weighted by atomic mass is 10.2. The largest absolute Gasteiger partial charge is 0.398 e. The Hall–Kier alpha value is -0.720. The van der Waals surface area contributed by atoms with Crippen molar-refractivity contribution in [1.29, 1.82) is 0 Å². The van der Waals surface area contributed by atoms with Crippen LogP contribution in [0.15, 0.2) is 23.1 Å². The summed E-state index contributed by atoms with van der Waals surface area (Å²) in [7, 11) is -1.77. The summed E-state index contributed by atoms with van der Waals surface area (Å²) in [6.07, 6.45) is 0.918. The predicted molar refractivity (Wildman–Crippen MR) is 76.3 cm³/mol. The molecule has 1 fully saturated rings. The van der Waals surface area contributed by atoms with E-state index in [0.29, 0.717) is 16.1 Å². The molecule has 2 N–H and O–H groups in total. The molecule has 1 heterocycles. The van der Waals surface area contributed by atoms with Crippen molar-refractivity contribution in [2.45, 2.75) is 24.3 Å². The standard InChI is InChI=1S/C12H18N2O2S2/c1-9-11(13)4-3-5-12(9)18(15,16)14(2)10-6-7-17-8-10/h3-5,10H,6-8,13H2,1-2H3. The molecular formula is C12H18N2O2S2. The molecule has 4 nitrogen and oxygen atoms in total. The highest BCUT2D eigenvalue weighted by atomic mass is 32.2. The number of nitrogens with zero attached hydrogens (tertiary/aromatic N) is 1. The van der Waals surface area contributed by atoms with Gasteiger partial charge in [-0.25, -0.2) is 8.42 Å². The van der Waals surface area contributed by atoms with Crippen LogP contribution in [0, 0.1) is 6.92 Å². The molecule has 2 rings (SSSR count). The van der Waals surface area contributed by atoms with Crippen molar-refractivity contribution in [3.63, 3.8) is 0 Å². The van der Waals surface area contributed by atoms with Gasteiger partial charge in [-0.1, -0.05) is 6.07 Å². The number of benzene rings is 1. The van der Waals surface area contributed by atoms with Crippen molar-refractivity contribution in [1.82, 2.24) is 4.31 Å². The minimum Gasteiger partial charge on any atom is -0.398 e. The van der Waals surface area contributed by atoms with Gasteiger partial charge in [-0.05, 0) is 36.8 Å². The lowest BCUT2D eigenvalue weighted by molar-refractivity contribution is 0.394. The molecule has 1 unspecified atom stereocenters. The minimum atomic E-state index is -3.44. The van der Waals surface area contributed by atoms with Crippen molar-refractivity contribution >= 4 is 27.5 Å². The Morgan fingerprint density at radius 1 is 1.44 bits per heavy atom. The lowest BCUT2D eigenvalue weighted by Crippen LogP contribution is -2.37. The summed E-state index contributed by atoms with van der Waals surface area (Å²) in [5.74, 6) is 1.90. The average molecular weight is 286 g/mol. The molecule has 100 valence electrons. The molecule has 6 heteroatoms. The Morgan fingerprint density at radius 3 is 2.78 bits per heavy atom. The van der Waals surface area contributed by atoms with Gasteiger partial charge in [0, 0.05) is 24.5 Å². The normalized spacial score (nSPS) is 20.5. The molecule has 1 aliphatic rings. The highest BCUT2D eigenvalue weighted by molar-refractivity contribution is 7.99. The second-order valence-corrected chi connectivity index (χ2v) is 7.62. The molecule has 1 aromatic rings. The van der Waals surface area contributed by atoms with E-state index in [4.69, 9.17) is 5.73 Å². The van der Waals surface area contributed by atoms with Crippen LogP contribution in [0.1, 0.15) is 12.0 Å². The number of sulfonamides is 1. The van der Waals surface area contributed by atoms with Gasteiger partial charge in [-0.2, -0.15) is 16.1 Å². The molecular weight excluding hydrogens is 268 g/mol. The number of nitrogen functional groups attached to an aromatic ring is 1. The van der Waals surface area contributed by atoms with Gasteiger partial charge in [0.25, 0.3) is 0 Å². The average Bonchev–Trinajstić information content (AvgIpc) is 2.85. The van der Waals surface area contributed by atoms with Gasteiger partial charge >= 0.3 is 0 Å².